The third-order valence-corrected chi connectivity index (χ3v) is 6.17. The van der Waals surface area contributed by atoms with Crippen LogP contribution >= 0.6 is 0 Å². The third kappa shape index (κ3) is 19.5. The first kappa shape index (κ1) is 39.6. The molecular formula is C22H39N9O10S. The number of rotatable bonds is 16. The van der Waals surface area contributed by atoms with E-state index in [1.165, 1.54) is 12.1 Å². The van der Waals surface area contributed by atoms with Crippen molar-refractivity contribution in [3.8, 4) is 0 Å². The van der Waals surface area contributed by atoms with E-state index in [4.69, 9.17) is 48.4 Å². The largest absolute Gasteiger partial charge is 0.480 e. The van der Waals surface area contributed by atoms with Crippen LogP contribution < -0.4 is 37.9 Å². The minimum absolute atomic E-state index is 0.0417. The van der Waals surface area contributed by atoms with Crippen LogP contribution in [0.4, 0.5) is 0 Å². The van der Waals surface area contributed by atoms with Crippen LogP contribution in [0.25, 0.3) is 0 Å². The van der Waals surface area contributed by atoms with Gasteiger partial charge in [0.25, 0.3) is 0 Å². The van der Waals surface area contributed by atoms with Gasteiger partial charge >= 0.3 is 23.9 Å². The highest BCUT2D eigenvalue weighted by atomic mass is 32.2. The van der Waals surface area contributed by atoms with Crippen LogP contribution in [-0.4, -0.2) is 103 Å². The minimum atomic E-state index is -4.33. The molecule has 1 aromatic carbocycles. The number of nitrogens with one attached hydrogen (secondary N) is 6. The van der Waals surface area contributed by atoms with Crippen molar-refractivity contribution in [3.63, 3.8) is 0 Å². The van der Waals surface area contributed by atoms with Crippen LogP contribution in [0.2, 0.25) is 0 Å². The van der Waals surface area contributed by atoms with Gasteiger partial charge in [-0.2, -0.15) is 4.72 Å². The van der Waals surface area contributed by atoms with Crippen LogP contribution in [0.3, 0.4) is 0 Å². The fourth-order valence-corrected chi connectivity index (χ4v) is 4.13. The summed E-state index contributed by atoms with van der Waals surface area (Å²) in [5.41, 5.74) is 14.8. The summed E-state index contributed by atoms with van der Waals surface area (Å²) in [6.45, 7) is 0.725. The Morgan fingerprint density at radius 3 is 1.76 bits per heavy atom. The van der Waals surface area contributed by atoms with Gasteiger partial charge in [-0.15, -0.1) is 0 Å². The maximum Gasteiger partial charge on any atom is 0.337 e. The van der Waals surface area contributed by atoms with E-state index in [1.54, 1.807) is 7.05 Å². The fourth-order valence-electron chi connectivity index (χ4n) is 2.71. The second-order valence-corrected chi connectivity index (χ2v) is 9.83. The molecule has 0 aromatic heterocycles. The zero-order valence-electron chi connectivity index (χ0n) is 22.8. The Balaban J connectivity index is 0. The van der Waals surface area contributed by atoms with Gasteiger partial charge in [0.2, 0.25) is 10.0 Å². The number of carboxylic acid groups (broad SMARTS) is 4. The lowest BCUT2D eigenvalue weighted by Crippen LogP contribution is -2.41. The summed E-state index contributed by atoms with van der Waals surface area (Å²) in [5, 5.41) is 55.7. The first-order chi connectivity index (χ1) is 19.5. The molecule has 0 aliphatic heterocycles. The van der Waals surface area contributed by atoms with Crippen molar-refractivity contribution in [2.75, 3.05) is 26.7 Å². The Morgan fingerprint density at radius 2 is 1.38 bits per heavy atom. The van der Waals surface area contributed by atoms with Gasteiger partial charge in [-0.05, 0) is 44.9 Å². The SMILES string of the molecule is CNCC(=O)O.N=C(N)NCCC[C@@H](NS(=O)(=O)c1ccccc1C(=O)O)C(=O)O.N=C(N)NCCC[C@H](N)C(=O)O. The van der Waals surface area contributed by atoms with Gasteiger partial charge in [-0.3, -0.25) is 25.2 Å². The predicted molar refractivity (Wildman–Crippen MR) is 151 cm³/mol. The summed E-state index contributed by atoms with van der Waals surface area (Å²) in [7, 11) is -2.74. The van der Waals surface area contributed by atoms with E-state index >= 15 is 0 Å². The summed E-state index contributed by atoms with van der Waals surface area (Å²) < 4.78 is 26.6. The summed E-state index contributed by atoms with van der Waals surface area (Å²) in [5.74, 6) is -5.05. The van der Waals surface area contributed by atoms with Crippen molar-refractivity contribution in [1.82, 2.24) is 20.7 Å². The molecule has 0 fully saturated rings. The molecule has 0 saturated carbocycles. The number of hydrogen-bond acceptors (Lipinski definition) is 10. The number of aromatic carboxylic acids is 1. The molecule has 1 aromatic rings. The standard InChI is InChI=1S/C13H18N4O6S.C6H14N4O2.C3H7NO2/c14-13(15)16-7-3-5-9(12(20)21)17-24(22,23)10-6-2-1-4-8(10)11(18)19;7-4(5(11)12)2-1-3-10-6(8)9;1-4-2-3(5)6/h1-2,4,6,9,17H,3,5,7H2,(H,18,19)(H,20,21)(H4,14,15,16);4H,1-3,7H2,(H,11,12)(H4,8,9,10);4H,2H2,1H3,(H,5,6)/t9-;4-;/m10./s1. The van der Waals surface area contributed by atoms with Crippen LogP contribution in [0.15, 0.2) is 29.2 Å². The number of likely N-dealkylation sites (N-methyl/N-ethyl adjacent to an activating group) is 1. The molecule has 2 atom stereocenters. The van der Waals surface area contributed by atoms with Crippen molar-refractivity contribution in [2.45, 2.75) is 42.7 Å². The average molecular weight is 622 g/mol. The number of benzene rings is 1. The summed E-state index contributed by atoms with van der Waals surface area (Å²) in [4.78, 5) is 41.6. The minimum Gasteiger partial charge on any atom is -0.480 e. The molecule has 0 aliphatic rings. The van der Waals surface area contributed by atoms with Gasteiger partial charge in [-0.1, -0.05) is 12.1 Å². The lowest BCUT2D eigenvalue weighted by molar-refractivity contribution is -0.139. The number of carboxylic acids is 4. The van der Waals surface area contributed by atoms with E-state index < -0.39 is 56.4 Å². The Labute approximate surface area is 241 Å². The number of carbonyl (C=O) groups is 4. The highest BCUT2D eigenvalue weighted by Crippen LogP contribution is 2.16. The Kier molecular flexibility index (Phi) is 20.0. The number of guanidine groups is 2. The van der Waals surface area contributed by atoms with E-state index in [1.807, 2.05) is 4.72 Å². The molecule has 42 heavy (non-hydrogen) atoms. The molecule has 1 rings (SSSR count). The number of sulfonamides is 1. The van der Waals surface area contributed by atoms with Gasteiger partial charge in [0.05, 0.1) is 17.0 Å². The second-order valence-electron chi connectivity index (χ2n) is 8.15. The van der Waals surface area contributed by atoms with Gasteiger partial charge < -0.3 is 53.6 Å². The highest BCUT2D eigenvalue weighted by molar-refractivity contribution is 7.89. The van der Waals surface area contributed by atoms with Crippen molar-refractivity contribution >= 4 is 45.8 Å². The molecule has 0 radical (unpaired) electrons. The van der Waals surface area contributed by atoms with Gasteiger partial charge in [0.1, 0.15) is 12.1 Å². The van der Waals surface area contributed by atoms with Crippen LogP contribution in [0, 0.1) is 10.8 Å². The molecule has 0 heterocycles. The Bertz CT molecular complexity index is 1170. The van der Waals surface area contributed by atoms with E-state index in [9.17, 15) is 27.6 Å². The molecule has 238 valence electrons. The molecule has 19 nitrogen and oxygen atoms in total. The molecule has 16 N–H and O–H groups in total. The van der Waals surface area contributed by atoms with Crippen molar-refractivity contribution < 1.29 is 48.0 Å². The molecule has 0 bridgehead atoms. The number of aliphatic carboxylic acids is 3. The normalized spacial score (nSPS) is 11.7. The van der Waals surface area contributed by atoms with Crippen LogP contribution in [-0.2, 0) is 24.4 Å². The highest BCUT2D eigenvalue weighted by Gasteiger charge is 2.28. The first-order valence-electron chi connectivity index (χ1n) is 12.0. The molecule has 0 amide bonds. The van der Waals surface area contributed by atoms with Crippen molar-refractivity contribution in [2.24, 2.45) is 17.2 Å². The smallest absolute Gasteiger partial charge is 0.337 e. The number of nitrogens with two attached hydrogens (primary N) is 3. The molecule has 0 saturated heterocycles. The predicted octanol–water partition coefficient (Wildman–Crippen LogP) is -2.67. The quantitative estimate of drug-likeness (QED) is 0.0508. The molecule has 0 spiro atoms. The second kappa shape index (κ2) is 21.2. The molecule has 0 unspecified atom stereocenters. The number of hydrogen-bond donors (Lipinski definition) is 13. The molecule has 0 aliphatic carbocycles. The molecule has 20 heteroatoms. The topological polar surface area (TPSA) is 357 Å². The fraction of sp³-hybridized carbons (Fsp3) is 0.455. The van der Waals surface area contributed by atoms with E-state index in [2.05, 4.69) is 16.0 Å². The zero-order chi connectivity index (χ0) is 32.9. The zero-order valence-corrected chi connectivity index (χ0v) is 23.6. The third-order valence-electron chi connectivity index (χ3n) is 4.64. The average Bonchev–Trinajstić information content (AvgIpc) is 2.88. The summed E-state index contributed by atoms with van der Waals surface area (Å²) in [6.07, 6.45) is 1.15. The summed E-state index contributed by atoms with van der Waals surface area (Å²) >= 11 is 0. The van der Waals surface area contributed by atoms with Gasteiger partial charge in [-0.25, -0.2) is 13.2 Å². The van der Waals surface area contributed by atoms with E-state index in [-0.39, 0.29) is 37.9 Å². The van der Waals surface area contributed by atoms with E-state index in [0.717, 1.165) is 12.1 Å². The van der Waals surface area contributed by atoms with Gasteiger partial charge in [0.15, 0.2) is 11.9 Å². The molecular weight excluding hydrogens is 582 g/mol. The van der Waals surface area contributed by atoms with Crippen molar-refractivity contribution in [1.29, 1.82) is 10.8 Å². The first-order valence-corrected chi connectivity index (χ1v) is 13.5. The summed E-state index contributed by atoms with van der Waals surface area (Å²) in [6, 6.07) is 2.65. The lowest BCUT2D eigenvalue weighted by atomic mass is 10.2. The monoisotopic (exact) mass is 621 g/mol. The van der Waals surface area contributed by atoms with Crippen molar-refractivity contribution in [3.05, 3.63) is 29.8 Å². The van der Waals surface area contributed by atoms with Gasteiger partial charge in [0, 0.05) is 13.1 Å². The maximum absolute atomic E-state index is 12.3. The van der Waals surface area contributed by atoms with Crippen LogP contribution in [0.1, 0.15) is 36.0 Å². The van der Waals surface area contributed by atoms with E-state index in [0.29, 0.717) is 19.4 Å². The lowest BCUT2D eigenvalue weighted by Gasteiger charge is -2.16. The Morgan fingerprint density at radius 1 is 0.881 bits per heavy atom. The Hall–Kier alpha value is -4.53. The maximum atomic E-state index is 12.3. The van der Waals surface area contributed by atoms with Crippen LogP contribution in [0.5, 0.6) is 0 Å².